The van der Waals surface area contributed by atoms with Crippen molar-refractivity contribution < 1.29 is 8.42 Å². The molecule has 1 aromatic carbocycles. The number of hydrogen-bond donors (Lipinski definition) is 2. The maximum atomic E-state index is 12.1. The topological polar surface area (TPSA) is 58.2 Å². The summed E-state index contributed by atoms with van der Waals surface area (Å²) >= 11 is 0. The molecule has 0 aliphatic heterocycles. The lowest BCUT2D eigenvalue weighted by Crippen LogP contribution is -2.31. The molecule has 0 saturated carbocycles. The molecule has 1 rings (SSSR count). The maximum Gasteiger partial charge on any atom is 0.240 e. The molecule has 1 unspecified atom stereocenters. The molecule has 5 heteroatoms. The predicted molar refractivity (Wildman–Crippen MR) is 78.8 cm³/mol. The van der Waals surface area contributed by atoms with E-state index >= 15 is 0 Å². The molecule has 0 heterocycles. The first kappa shape index (κ1) is 16.1. The lowest BCUT2D eigenvalue weighted by atomic mass is 10.1. The molecule has 0 bridgehead atoms. The molecule has 0 amide bonds. The molecule has 19 heavy (non-hydrogen) atoms. The van der Waals surface area contributed by atoms with Gasteiger partial charge in [-0.2, -0.15) is 0 Å². The van der Waals surface area contributed by atoms with Crippen LogP contribution in [0.15, 0.2) is 29.2 Å². The van der Waals surface area contributed by atoms with Gasteiger partial charge in [-0.25, -0.2) is 13.1 Å². The van der Waals surface area contributed by atoms with Gasteiger partial charge in [-0.1, -0.05) is 19.1 Å². The SMILES string of the molecule is CCC(C)NS(=O)(=O)c1ccc(CCCNC)cc1. The van der Waals surface area contributed by atoms with Crippen molar-refractivity contribution in [3.8, 4) is 0 Å². The minimum atomic E-state index is -3.38. The number of sulfonamides is 1. The summed E-state index contributed by atoms with van der Waals surface area (Å²) in [6, 6.07) is 7.10. The molecule has 0 aromatic heterocycles. The Kier molecular flexibility index (Phi) is 6.48. The second-order valence-corrected chi connectivity index (χ2v) is 6.50. The van der Waals surface area contributed by atoms with E-state index in [0.29, 0.717) is 4.90 Å². The van der Waals surface area contributed by atoms with Gasteiger partial charge in [-0.3, -0.25) is 0 Å². The Hall–Kier alpha value is -0.910. The second kappa shape index (κ2) is 7.62. The van der Waals surface area contributed by atoms with Crippen molar-refractivity contribution >= 4 is 10.0 Å². The Labute approximate surface area is 116 Å². The fraction of sp³-hybridized carbons (Fsp3) is 0.571. The molecule has 0 spiro atoms. The third-order valence-corrected chi connectivity index (χ3v) is 4.70. The summed E-state index contributed by atoms with van der Waals surface area (Å²) in [5, 5.41) is 3.10. The highest BCUT2D eigenvalue weighted by molar-refractivity contribution is 7.89. The molecule has 1 aromatic rings. The zero-order chi connectivity index (χ0) is 14.3. The second-order valence-electron chi connectivity index (χ2n) is 4.78. The Morgan fingerprint density at radius 1 is 1.21 bits per heavy atom. The lowest BCUT2D eigenvalue weighted by molar-refractivity contribution is 0.556. The highest BCUT2D eigenvalue weighted by Gasteiger charge is 2.15. The molecule has 0 aliphatic rings. The zero-order valence-corrected chi connectivity index (χ0v) is 12.8. The van der Waals surface area contributed by atoms with Crippen molar-refractivity contribution in [1.82, 2.24) is 10.0 Å². The van der Waals surface area contributed by atoms with E-state index in [4.69, 9.17) is 0 Å². The quantitative estimate of drug-likeness (QED) is 0.717. The van der Waals surface area contributed by atoms with Crippen LogP contribution in [-0.4, -0.2) is 28.1 Å². The smallest absolute Gasteiger partial charge is 0.240 e. The third kappa shape index (κ3) is 5.30. The van der Waals surface area contributed by atoms with Gasteiger partial charge in [0.15, 0.2) is 0 Å². The summed E-state index contributed by atoms with van der Waals surface area (Å²) in [5.41, 5.74) is 1.16. The number of benzene rings is 1. The summed E-state index contributed by atoms with van der Waals surface area (Å²) < 4.78 is 26.8. The van der Waals surface area contributed by atoms with Crippen LogP contribution in [-0.2, 0) is 16.4 Å². The fourth-order valence-electron chi connectivity index (χ4n) is 1.72. The number of nitrogens with one attached hydrogen (secondary N) is 2. The first-order valence-corrected chi connectivity index (χ1v) is 8.23. The minimum Gasteiger partial charge on any atom is -0.320 e. The largest absolute Gasteiger partial charge is 0.320 e. The molecule has 0 saturated heterocycles. The molecule has 4 nitrogen and oxygen atoms in total. The van der Waals surface area contributed by atoms with Crippen LogP contribution in [0.25, 0.3) is 0 Å². The van der Waals surface area contributed by atoms with Gasteiger partial charge in [0.05, 0.1) is 4.90 Å². The van der Waals surface area contributed by atoms with Crippen LogP contribution in [0.1, 0.15) is 32.3 Å². The molecule has 0 radical (unpaired) electrons. The molecule has 0 fully saturated rings. The van der Waals surface area contributed by atoms with Crippen molar-refractivity contribution in [3.05, 3.63) is 29.8 Å². The molecule has 108 valence electrons. The van der Waals surface area contributed by atoms with E-state index in [-0.39, 0.29) is 6.04 Å². The Morgan fingerprint density at radius 3 is 2.37 bits per heavy atom. The van der Waals surface area contributed by atoms with Gasteiger partial charge >= 0.3 is 0 Å². The van der Waals surface area contributed by atoms with E-state index in [1.165, 1.54) is 0 Å². The summed E-state index contributed by atoms with van der Waals surface area (Å²) in [7, 11) is -1.45. The normalized spacial score (nSPS) is 13.4. The first-order chi connectivity index (χ1) is 8.99. The zero-order valence-electron chi connectivity index (χ0n) is 11.9. The molecular formula is C14H24N2O2S. The average Bonchev–Trinajstić information content (AvgIpc) is 2.39. The summed E-state index contributed by atoms with van der Waals surface area (Å²) in [6.45, 7) is 4.79. The van der Waals surface area contributed by atoms with Crippen molar-refractivity contribution in [2.75, 3.05) is 13.6 Å². The van der Waals surface area contributed by atoms with Crippen LogP contribution >= 0.6 is 0 Å². The molecule has 0 aliphatic carbocycles. The van der Waals surface area contributed by atoms with E-state index in [2.05, 4.69) is 10.0 Å². The standard InChI is InChI=1S/C14H24N2O2S/c1-4-12(2)16-19(17,18)14-9-7-13(8-10-14)6-5-11-15-3/h7-10,12,15-16H,4-6,11H2,1-3H3. The first-order valence-electron chi connectivity index (χ1n) is 6.75. The van der Waals surface area contributed by atoms with Gasteiger partial charge in [0.1, 0.15) is 0 Å². The monoisotopic (exact) mass is 284 g/mol. The van der Waals surface area contributed by atoms with Crippen LogP contribution in [0.3, 0.4) is 0 Å². The molecule has 2 N–H and O–H groups in total. The number of rotatable bonds is 8. The van der Waals surface area contributed by atoms with Crippen LogP contribution in [0.5, 0.6) is 0 Å². The van der Waals surface area contributed by atoms with Crippen LogP contribution in [0, 0.1) is 0 Å². The molecular weight excluding hydrogens is 260 g/mol. The van der Waals surface area contributed by atoms with E-state index in [1.807, 2.05) is 33.0 Å². The van der Waals surface area contributed by atoms with Gasteiger partial charge in [0, 0.05) is 6.04 Å². The Morgan fingerprint density at radius 2 is 1.84 bits per heavy atom. The van der Waals surface area contributed by atoms with E-state index in [1.54, 1.807) is 12.1 Å². The van der Waals surface area contributed by atoms with Crippen LogP contribution in [0.2, 0.25) is 0 Å². The molecule has 1 atom stereocenters. The van der Waals surface area contributed by atoms with Crippen LogP contribution in [0.4, 0.5) is 0 Å². The predicted octanol–water partition coefficient (Wildman–Crippen LogP) is 1.92. The Balaban J connectivity index is 2.69. The van der Waals surface area contributed by atoms with E-state index < -0.39 is 10.0 Å². The lowest BCUT2D eigenvalue weighted by Gasteiger charge is -2.12. The van der Waals surface area contributed by atoms with Crippen LogP contribution < -0.4 is 10.0 Å². The van der Waals surface area contributed by atoms with E-state index in [9.17, 15) is 8.42 Å². The van der Waals surface area contributed by atoms with Gasteiger partial charge in [0.2, 0.25) is 10.0 Å². The van der Waals surface area contributed by atoms with Gasteiger partial charge in [-0.15, -0.1) is 0 Å². The van der Waals surface area contributed by atoms with Gasteiger partial charge < -0.3 is 5.32 Å². The summed E-state index contributed by atoms with van der Waals surface area (Å²) in [6.07, 6.45) is 2.79. The maximum absolute atomic E-state index is 12.1. The number of hydrogen-bond acceptors (Lipinski definition) is 3. The Bertz CT molecular complexity index is 469. The highest BCUT2D eigenvalue weighted by atomic mass is 32.2. The van der Waals surface area contributed by atoms with Gasteiger partial charge in [0.25, 0.3) is 0 Å². The van der Waals surface area contributed by atoms with Crippen molar-refractivity contribution in [2.45, 2.75) is 44.0 Å². The highest BCUT2D eigenvalue weighted by Crippen LogP contribution is 2.12. The summed E-state index contributed by atoms with van der Waals surface area (Å²) in [5.74, 6) is 0. The number of aryl methyl sites for hydroxylation is 1. The van der Waals surface area contributed by atoms with E-state index in [0.717, 1.165) is 31.4 Å². The average molecular weight is 284 g/mol. The van der Waals surface area contributed by atoms with Crippen molar-refractivity contribution in [1.29, 1.82) is 0 Å². The fourth-order valence-corrected chi connectivity index (χ4v) is 3.05. The third-order valence-electron chi connectivity index (χ3n) is 3.09. The van der Waals surface area contributed by atoms with Crippen molar-refractivity contribution in [2.24, 2.45) is 0 Å². The summed E-state index contributed by atoms with van der Waals surface area (Å²) in [4.78, 5) is 0.338. The minimum absolute atomic E-state index is 0.0414. The van der Waals surface area contributed by atoms with Gasteiger partial charge in [-0.05, 0) is 57.5 Å². The van der Waals surface area contributed by atoms with Crippen molar-refractivity contribution in [3.63, 3.8) is 0 Å².